The predicted octanol–water partition coefficient (Wildman–Crippen LogP) is -1.05. The number of piperidine rings is 1. The maximum Gasteiger partial charge on any atom is 0.282 e. The molecule has 2 heterocycles. The summed E-state index contributed by atoms with van der Waals surface area (Å²) >= 11 is 0. The molecule has 2 aliphatic rings. The van der Waals surface area contributed by atoms with Crippen molar-refractivity contribution in [3.8, 4) is 0 Å². The fourth-order valence-electron chi connectivity index (χ4n) is 2.85. The molecule has 0 saturated carbocycles. The molecular weight excluding hydrogens is 320 g/mol. The molecule has 0 aromatic heterocycles. The van der Waals surface area contributed by atoms with Gasteiger partial charge in [0.05, 0.1) is 19.1 Å². The van der Waals surface area contributed by atoms with Gasteiger partial charge in [0.15, 0.2) is 0 Å². The fraction of sp³-hybridized carbons (Fsp3) is 0.929. The molecule has 2 saturated heterocycles. The van der Waals surface area contributed by atoms with Crippen LogP contribution in [0, 0.1) is 5.92 Å². The summed E-state index contributed by atoms with van der Waals surface area (Å²) in [5.41, 5.74) is 0. The molecule has 1 atom stereocenters. The Balaban J connectivity index is 1.90. The number of carbonyl (C=O) groups is 1. The van der Waals surface area contributed by atoms with Crippen molar-refractivity contribution < 1.29 is 17.9 Å². The van der Waals surface area contributed by atoms with Crippen LogP contribution in [0.4, 0.5) is 0 Å². The van der Waals surface area contributed by atoms with Gasteiger partial charge in [0, 0.05) is 39.3 Å². The zero-order valence-electron chi connectivity index (χ0n) is 14.0. The van der Waals surface area contributed by atoms with Gasteiger partial charge < -0.3 is 15.0 Å². The molecule has 2 aliphatic heterocycles. The Morgan fingerprint density at radius 3 is 2.57 bits per heavy atom. The lowest BCUT2D eigenvalue weighted by Crippen LogP contribution is -2.53. The first-order valence-electron chi connectivity index (χ1n) is 8.16. The molecule has 8 nitrogen and oxygen atoms in total. The molecule has 9 heteroatoms. The van der Waals surface area contributed by atoms with Crippen molar-refractivity contribution in [2.24, 2.45) is 5.92 Å². The van der Waals surface area contributed by atoms with Gasteiger partial charge in [-0.25, -0.2) is 0 Å². The predicted molar refractivity (Wildman–Crippen MR) is 87.2 cm³/mol. The zero-order chi connectivity index (χ0) is 16.9. The van der Waals surface area contributed by atoms with E-state index in [0.29, 0.717) is 39.4 Å². The standard InChI is InChI=1S/C14H28N4O4S/c1-16(2)7-5-15-14(19)13-4-3-6-18(12-13)23(20,21)17-8-10-22-11-9-17/h13H,3-12H2,1-2H3,(H,15,19). The number of likely N-dealkylation sites (N-methyl/N-ethyl adjacent to an activating group) is 1. The molecule has 0 bridgehead atoms. The normalized spacial score (nSPS) is 24.7. The first kappa shape index (κ1) is 18.6. The quantitative estimate of drug-likeness (QED) is 0.663. The molecule has 2 fully saturated rings. The Labute approximate surface area is 138 Å². The molecular formula is C14H28N4O4S. The third-order valence-electron chi connectivity index (χ3n) is 4.24. The minimum atomic E-state index is -3.49. The van der Waals surface area contributed by atoms with Crippen molar-refractivity contribution in [3.63, 3.8) is 0 Å². The summed E-state index contributed by atoms with van der Waals surface area (Å²) in [5.74, 6) is -0.310. The fourth-order valence-corrected chi connectivity index (χ4v) is 4.52. The van der Waals surface area contributed by atoms with Crippen molar-refractivity contribution in [3.05, 3.63) is 0 Å². The Hall–Kier alpha value is -0.740. The third kappa shape index (κ3) is 5.12. The molecule has 0 aromatic rings. The Morgan fingerprint density at radius 2 is 1.91 bits per heavy atom. The molecule has 1 N–H and O–H groups in total. The Morgan fingerprint density at radius 1 is 1.22 bits per heavy atom. The van der Waals surface area contributed by atoms with Gasteiger partial charge >= 0.3 is 0 Å². The van der Waals surface area contributed by atoms with Crippen molar-refractivity contribution in [2.75, 3.05) is 66.6 Å². The number of nitrogens with zero attached hydrogens (tertiary/aromatic N) is 3. The minimum Gasteiger partial charge on any atom is -0.379 e. The number of rotatable bonds is 6. The highest BCUT2D eigenvalue weighted by atomic mass is 32.2. The zero-order valence-corrected chi connectivity index (χ0v) is 14.8. The lowest BCUT2D eigenvalue weighted by molar-refractivity contribution is -0.126. The molecule has 1 amide bonds. The van der Waals surface area contributed by atoms with E-state index in [1.54, 1.807) is 0 Å². The first-order valence-corrected chi connectivity index (χ1v) is 9.56. The van der Waals surface area contributed by atoms with Gasteiger partial charge in [-0.1, -0.05) is 0 Å². The van der Waals surface area contributed by atoms with Crippen LogP contribution in [-0.2, 0) is 19.7 Å². The third-order valence-corrected chi connectivity index (χ3v) is 6.24. The second kappa shape index (κ2) is 8.39. The van der Waals surface area contributed by atoms with Crippen LogP contribution in [0.5, 0.6) is 0 Å². The largest absolute Gasteiger partial charge is 0.379 e. The number of hydrogen-bond acceptors (Lipinski definition) is 5. The smallest absolute Gasteiger partial charge is 0.282 e. The first-order chi connectivity index (χ1) is 10.9. The number of carbonyl (C=O) groups excluding carboxylic acids is 1. The molecule has 0 aliphatic carbocycles. The second-order valence-corrected chi connectivity index (χ2v) is 8.24. The van der Waals surface area contributed by atoms with Crippen molar-refractivity contribution >= 4 is 16.1 Å². The molecule has 1 unspecified atom stereocenters. The van der Waals surface area contributed by atoms with Gasteiger partial charge in [0.25, 0.3) is 10.2 Å². The Bertz CT molecular complexity index is 491. The highest BCUT2D eigenvalue weighted by Gasteiger charge is 2.36. The number of ether oxygens (including phenoxy) is 1. The Kier molecular flexibility index (Phi) is 6.78. The van der Waals surface area contributed by atoms with E-state index < -0.39 is 10.2 Å². The number of amides is 1. The van der Waals surface area contributed by atoms with E-state index in [4.69, 9.17) is 4.74 Å². The summed E-state index contributed by atoms with van der Waals surface area (Å²) in [5, 5.41) is 2.90. The van der Waals surface area contributed by atoms with Crippen molar-refractivity contribution in [1.82, 2.24) is 18.8 Å². The van der Waals surface area contributed by atoms with E-state index in [0.717, 1.165) is 19.4 Å². The van der Waals surface area contributed by atoms with E-state index in [1.165, 1.54) is 8.61 Å². The molecule has 0 radical (unpaired) electrons. The minimum absolute atomic E-state index is 0.0475. The highest BCUT2D eigenvalue weighted by Crippen LogP contribution is 2.21. The van der Waals surface area contributed by atoms with E-state index in [2.05, 4.69) is 5.32 Å². The van der Waals surface area contributed by atoms with Crippen LogP contribution < -0.4 is 5.32 Å². The molecule has 2 rings (SSSR count). The van der Waals surface area contributed by atoms with E-state index in [9.17, 15) is 13.2 Å². The van der Waals surface area contributed by atoms with Crippen LogP contribution in [0.3, 0.4) is 0 Å². The van der Waals surface area contributed by atoms with E-state index >= 15 is 0 Å². The average molecular weight is 348 g/mol. The summed E-state index contributed by atoms with van der Waals surface area (Å²) < 4.78 is 33.5. The van der Waals surface area contributed by atoms with Crippen LogP contribution in [0.2, 0.25) is 0 Å². The molecule has 23 heavy (non-hydrogen) atoms. The van der Waals surface area contributed by atoms with Crippen LogP contribution in [0.1, 0.15) is 12.8 Å². The van der Waals surface area contributed by atoms with Gasteiger partial charge in [-0.05, 0) is 26.9 Å². The number of nitrogens with one attached hydrogen (secondary N) is 1. The summed E-state index contributed by atoms with van der Waals surface area (Å²) in [6.07, 6.45) is 1.46. The van der Waals surface area contributed by atoms with Gasteiger partial charge in [0.1, 0.15) is 0 Å². The van der Waals surface area contributed by atoms with Crippen LogP contribution in [0.15, 0.2) is 0 Å². The number of morpholine rings is 1. The molecule has 0 aromatic carbocycles. The summed E-state index contributed by atoms with van der Waals surface area (Å²) in [6, 6.07) is 0. The second-order valence-electron chi connectivity index (χ2n) is 6.31. The van der Waals surface area contributed by atoms with E-state index in [1.807, 2.05) is 19.0 Å². The average Bonchev–Trinajstić information content (AvgIpc) is 2.55. The summed E-state index contributed by atoms with van der Waals surface area (Å²) in [7, 11) is 0.409. The van der Waals surface area contributed by atoms with Crippen LogP contribution in [0.25, 0.3) is 0 Å². The molecule has 134 valence electrons. The highest BCUT2D eigenvalue weighted by molar-refractivity contribution is 7.86. The van der Waals surface area contributed by atoms with Gasteiger partial charge in [0.2, 0.25) is 5.91 Å². The maximum atomic E-state index is 12.7. The summed E-state index contributed by atoms with van der Waals surface area (Å²) in [6.45, 7) is 3.75. The van der Waals surface area contributed by atoms with Gasteiger partial charge in [-0.15, -0.1) is 0 Å². The van der Waals surface area contributed by atoms with E-state index in [-0.39, 0.29) is 18.4 Å². The number of hydrogen-bond donors (Lipinski definition) is 1. The van der Waals surface area contributed by atoms with Crippen LogP contribution >= 0.6 is 0 Å². The maximum absolute atomic E-state index is 12.7. The van der Waals surface area contributed by atoms with Crippen LogP contribution in [-0.4, -0.2) is 94.4 Å². The summed E-state index contributed by atoms with van der Waals surface area (Å²) in [4.78, 5) is 14.2. The lowest BCUT2D eigenvalue weighted by Gasteiger charge is -2.36. The monoisotopic (exact) mass is 348 g/mol. The topological polar surface area (TPSA) is 82.2 Å². The van der Waals surface area contributed by atoms with Crippen molar-refractivity contribution in [2.45, 2.75) is 12.8 Å². The SMILES string of the molecule is CN(C)CCNC(=O)C1CCCN(S(=O)(=O)N2CCOCC2)C1. The van der Waals surface area contributed by atoms with Crippen molar-refractivity contribution in [1.29, 1.82) is 0 Å². The lowest BCUT2D eigenvalue weighted by atomic mass is 9.99. The van der Waals surface area contributed by atoms with Gasteiger partial charge in [-0.3, -0.25) is 4.79 Å². The molecule has 0 spiro atoms. The van der Waals surface area contributed by atoms with Gasteiger partial charge in [-0.2, -0.15) is 17.0 Å².